The number of carbonyl (C=O) groups excluding carboxylic acids is 2. The number of halogens is 2. The fourth-order valence-electron chi connectivity index (χ4n) is 3.78. The van der Waals surface area contributed by atoms with E-state index in [2.05, 4.69) is 28.2 Å². The van der Waals surface area contributed by atoms with Gasteiger partial charge in [0.05, 0.1) is 0 Å². The standard InChI is InChI=1S/C29H32BrClN2O2S/c1-2-3-18-32-29(35)27(20-22-7-5-4-6-8-22)33(21-23-9-11-24(30)12-10-23)28(34)17-19-36-26-15-13-25(31)14-16-26/h4-16,27H,2-3,17-21H2,1H3,(H,32,35)/t27-/m0/s1. The fourth-order valence-corrected chi connectivity index (χ4v) is 5.01. The Bertz CT molecular complexity index is 1090. The second-order valence-electron chi connectivity index (χ2n) is 8.55. The average molecular weight is 588 g/mol. The minimum atomic E-state index is -0.596. The molecule has 3 aromatic rings. The van der Waals surface area contributed by atoms with E-state index in [1.165, 1.54) is 0 Å². The van der Waals surface area contributed by atoms with Gasteiger partial charge in [0, 0.05) is 46.1 Å². The molecule has 0 aliphatic rings. The molecule has 0 aliphatic carbocycles. The van der Waals surface area contributed by atoms with Crippen LogP contribution in [0.2, 0.25) is 5.02 Å². The molecule has 0 aliphatic heterocycles. The summed E-state index contributed by atoms with van der Waals surface area (Å²) in [6.07, 6.45) is 2.69. The van der Waals surface area contributed by atoms with Gasteiger partial charge in [-0.2, -0.15) is 0 Å². The van der Waals surface area contributed by atoms with Gasteiger partial charge in [-0.05, 0) is 53.9 Å². The predicted molar refractivity (Wildman–Crippen MR) is 153 cm³/mol. The Kier molecular flexibility index (Phi) is 11.9. The zero-order valence-electron chi connectivity index (χ0n) is 20.5. The second kappa shape index (κ2) is 15.1. The first-order valence-corrected chi connectivity index (χ1v) is 14.4. The van der Waals surface area contributed by atoms with E-state index in [9.17, 15) is 9.59 Å². The molecule has 0 heterocycles. The molecule has 7 heteroatoms. The van der Waals surface area contributed by atoms with Gasteiger partial charge in [-0.1, -0.05) is 83.3 Å². The first-order chi connectivity index (χ1) is 17.5. The Morgan fingerprint density at radius 1 is 0.972 bits per heavy atom. The summed E-state index contributed by atoms with van der Waals surface area (Å²) in [7, 11) is 0. The van der Waals surface area contributed by atoms with E-state index in [1.807, 2.05) is 78.9 Å². The molecule has 3 aromatic carbocycles. The maximum atomic E-state index is 13.6. The van der Waals surface area contributed by atoms with Crippen molar-refractivity contribution in [3.63, 3.8) is 0 Å². The van der Waals surface area contributed by atoms with Gasteiger partial charge in [0.25, 0.3) is 0 Å². The number of rotatable bonds is 13. The molecule has 1 N–H and O–H groups in total. The third kappa shape index (κ3) is 9.30. The molecule has 0 bridgehead atoms. The Morgan fingerprint density at radius 2 is 1.67 bits per heavy atom. The first-order valence-electron chi connectivity index (χ1n) is 12.2. The number of carbonyl (C=O) groups is 2. The van der Waals surface area contributed by atoms with Crippen molar-refractivity contribution in [2.24, 2.45) is 0 Å². The number of thioether (sulfide) groups is 1. The van der Waals surface area contributed by atoms with Crippen LogP contribution in [0.25, 0.3) is 0 Å². The minimum absolute atomic E-state index is 0.0362. The predicted octanol–water partition coefficient (Wildman–Crippen LogP) is 7.14. The topological polar surface area (TPSA) is 49.4 Å². The molecule has 3 rings (SSSR count). The van der Waals surface area contributed by atoms with Crippen molar-refractivity contribution in [1.82, 2.24) is 10.2 Å². The van der Waals surface area contributed by atoms with Gasteiger partial charge >= 0.3 is 0 Å². The number of amides is 2. The Hall–Kier alpha value is -2.28. The van der Waals surface area contributed by atoms with Gasteiger partial charge < -0.3 is 10.2 Å². The van der Waals surface area contributed by atoms with Crippen LogP contribution in [0.5, 0.6) is 0 Å². The smallest absolute Gasteiger partial charge is 0.243 e. The lowest BCUT2D eigenvalue weighted by atomic mass is 10.0. The molecule has 0 saturated heterocycles. The van der Waals surface area contributed by atoms with Crippen LogP contribution >= 0.6 is 39.3 Å². The molecule has 0 aromatic heterocycles. The maximum Gasteiger partial charge on any atom is 0.243 e. The molecule has 36 heavy (non-hydrogen) atoms. The van der Waals surface area contributed by atoms with Gasteiger partial charge in [0.15, 0.2) is 0 Å². The number of unbranched alkanes of at least 4 members (excludes halogenated alkanes) is 1. The number of hydrogen-bond acceptors (Lipinski definition) is 3. The third-order valence-electron chi connectivity index (χ3n) is 5.77. The molecular formula is C29H32BrClN2O2S. The van der Waals surface area contributed by atoms with Gasteiger partial charge in [-0.3, -0.25) is 9.59 Å². The molecule has 0 saturated carbocycles. The van der Waals surface area contributed by atoms with Crippen molar-refractivity contribution in [3.05, 3.63) is 99.5 Å². The zero-order chi connectivity index (χ0) is 25.8. The molecule has 1 atom stereocenters. The van der Waals surface area contributed by atoms with Crippen LogP contribution in [0.15, 0.2) is 88.2 Å². The highest BCUT2D eigenvalue weighted by Gasteiger charge is 2.30. The highest BCUT2D eigenvalue weighted by atomic mass is 79.9. The molecular weight excluding hydrogens is 556 g/mol. The van der Waals surface area contributed by atoms with Crippen LogP contribution in [0, 0.1) is 0 Å². The summed E-state index contributed by atoms with van der Waals surface area (Å²) in [6, 6.07) is 24.8. The van der Waals surface area contributed by atoms with Gasteiger partial charge in [0.2, 0.25) is 11.8 Å². The summed E-state index contributed by atoms with van der Waals surface area (Å²) >= 11 is 11.1. The van der Waals surface area contributed by atoms with Gasteiger partial charge in [-0.15, -0.1) is 11.8 Å². The van der Waals surface area contributed by atoms with Crippen LogP contribution in [-0.2, 0) is 22.6 Å². The van der Waals surface area contributed by atoms with E-state index < -0.39 is 6.04 Å². The van der Waals surface area contributed by atoms with E-state index in [1.54, 1.807) is 16.7 Å². The molecule has 2 amide bonds. The van der Waals surface area contributed by atoms with Crippen LogP contribution < -0.4 is 5.32 Å². The summed E-state index contributed by atoms with van der Waals surface area (Å²) in [5.74, 6) is 0.473. The van der Waals surface area contributed by atoms with Crippen LogP contribution in [0.1, 0.15) is 37.3 Å². The van der Waals surface area contributed by atoms with Crippen molar-refractivity contribution in [1.29, 1.82) is 0 Å². The number of hydrogen-bond donors (Lipinski definition) is 1. The van der Waals surface area contributed by atoms with Crippen LogP contribution in [0.4, 0.5) is 0 Å². The van der Waals surface area contributed by atoms with E-state index >= 15 is 0 Å². The summed E-state index contributed by atoms with van der Waals surface area (Å²) in [6.45, 7) is 3.07. The summed E-state index contributed by atoms with van der Waals surface area (Å²) < 4.78 is 0.974. The SMILES string of the molecule is CCCCNC(=O)[C@H](Cc1ccccc1)N(Cc1ccc(Br)cc1)C(=O)CCSc1ccc(Cl)cc1. The molecule has 0 radical (unpaired) electrons. The normalized spacial score (nSPS) is 11.6. The average Bonchev–Trinajstić information content (AvgIpc) is 2.89. The van der Waals surface area contributed by atoms with Crippen molar-refractivity contribution < 1.29 is 9.59 Å². The lowest BCUT2D eigenvalue weighted by Gasteiger charge is -2.31. The summed E-state index contributed by atoms with van der Waals surface area (Å²) in [4.78, 5) is 29.8. The number of nitrogens with zero attached hydrogens (tertiary/aromatic N) is 1. The quantitative estimate of drug-likeness (QED) is 0.171. The van der Waals surface area contributed by atoms with E-state index in [0.717, 1.165) is 33.3 Å². The Balaban J connectivity index is 1.81. The van der Waals surface area contributed by atoms with Gasteiger partial charge in [0.1, 0.15) is 6.04 Å². The monoisotopic (exact) mass is 586 g/mol. The number of nitrogens with one attached hydrogen (secondary N) is 1. The van der Waals surface area contributed by atoms with Crippen molar-refractivity contribution >= 4 is 51.1 Å². The minimum Gasteiger partial charge on any atom is -0.354 e. The third-order valence-corrected chi connectivity index (χ3v) is 7.56. The van der Waals surface area contributed by atoms with Crippen LogP contribution in [0.3, 0.4) is 0 Å². The summed E-state index contributed by atoms with van der Waals surface area (Å²) in [5.41, 5.74) is 2.01. The van der Waals surface area contributed by atoms with E-state index in [4.69, 9.17) is 11.6 Å². The van der Waals surface area contributed by atoms with E-state index in [-0.39, 0.29) is 11.8 Å². The van der Waals surface area contributed by atoms with E-state index in [0.29, 0.717) is 36.7 Å². The highest BCUT2D eigenvalue weighted by molar-refractivity contribution is 9.10. The van der Waals surface area contributed by atoms with Gasteiger partial charge in [-0.25, -0.2) is 0 Å². The lowest BCUT2D eigenvalue weighted by Crippen LogP contribution is -2.50. The lowest BCUT2D eigenvalue weighted by molar-refractivity contribution is -0.141. The largest absolute Gasteiger partial charge is 0.354 e. The number of benzene rings is 3. The molecule has 4 nitrogen and oxygen atoms in total. The molecule has 0 spiro atoms. The Labute approximate surface area is 231 Å². The highest BCUT2D eigenvalue weighted by Crippen LogP contribution is 2.23. The van der Waals surface area contributed by atoms with Crippen molar-refractivity contribution in [2.45, 2.75) is 50.1 Å². The Morgan fingerprint density at radius 3 is 2.33 bits per heavy atom. The first kappa shape index (κ1) is 28.3. The molecule has 190 valence electrons. The fraction of sp³-hybridized carbons (Fsp3) is 0.310. The van der Waals surface area contributed by atoms with Crippen LogP contribution in [-0.4, -0.2) is 35.1 Å². The molecule has 0 unspecified atom stereocenters. The maximum absolute atomic E-state index is 13.6. The second-order valence-corrected chi connectivity index (χ2v) is 11.1. The summed E-state index contributed by atoms with van der Waals surface area (Å²) in [5, 5.41) is 3.75. The van der Waals surface area contributed by atoms with Crippen molar-refractivity contribution in [2.75, 3.05) is 12.3 Å². The molecule has 0 fully saturated rings. The van der Waals surface area contributed by atoms with Crippen molar-refractivity contribution in [3.8, 4) is 0 Å². The zero-order valence-corrected chi connectivity index (χ0v) is 23.6.